The number of carbonyl (C=O) groups excluding carboxylic acids is 1. The normalized spacial score (nSPS) is 10.7. The van der Waals surface area contributed by atoms with Crippen molar-refractivity contribution in [1.29, 1.82) is 0 Å². The van der Waals surface area contributed by atoms with E-state index in [4.69, 9.17) is 9.15 Å². The first-order valence-corrected chi connectivity index (χ1v) is 9.76. The number of aryl methyl sites for hydroxylation is 3. The van der Waals surface area contributed by atoms with Crippen LogP contribution in [0.1, 0.15) is 39.7 Å². The van der Waals surface area contributed by atoms with E-state index in [0.29, 0.717) is 12.3 Å². The molecule has 1 N–H and O–H groups in total. The van der Waals surface area contributed by atoms with Crippen LogP contribution >= 0.6 is 0 Å². The molecule has 0 spiro atoms. The maximum atomic E-state index is 12.3. The van der Waals surface area contributed by atoms with Gasteiger partial charge in [0.15, 0.2) is 5.76 Å². The van der Waals surface area contributed by atoms with Crippen molar-refractivity contribution in [3.63, 3.8) is 0 Å². The Bertz CT molecular complexity index is 971. The summed E-state index contributed by atoms with van der Waals surface area (Å²) in [6, 6.07) is 13.3. The Balaban J connectivity index is 1.46. The molecule has 0 atom stereocenters. The third-order valence-electron chi connectivity index (χ3n) is 4.53. The lowest BCUT2D eigenvalue weighted by atomic mass is 10.1. The third kappa shape index (κ3) is 5.60. The molecule has 0 aliphatic heterocycles. The summed E-state index contributed by atoms with van der Waals surface area (Å²) < 4.78 is 13.4. The van der Waals surface area contributed by atoms with Crippen LogP contribution < -0.4 is 10.1 Å². The van der Waals surface area contributed by atoms with Crippen LogP contribution in [0.3, 0.4) is 0 Å². The van der Waals surface area contributed by atoms with Crippen LogP contribution in [0.4, 0.5) is 0 Å². The number of hydrogen-bond acceptors (Lipinski definition) is 4. The lowest BCUT2D eigenvalue weighted by Crippen LogP contribution is -2.25. The van der Waals surface area contributed by atoms with Crippen molar-refractivity contribution >= 4 is 5.91 Å². The van der Waals surface area contributed by atoms with Gasteiger partial charge < -0.3 is 14.5 Å². The number of allylic oxidation sites excluding steroid dienone is 1. The van der Waals surface area contributed by atoms with Gasteiger partial charge in [-0.3, -0.25) is 9.48 Å². The summed E-state index contributed by atoms with van der Waals surface area (Å²) in [6.07, 6.45) is 3.37. The molecule has 0 aliphatic rings. The lowest BCUT2D eigenvalue weighted by Gasteiger charge is -2.09. The van der Waals surface area contributed by atoms with Crippen LogP contribution in [0.25, 0.3) is 0 Å². The molecule has 6 nitrogen and oxygen atoms in total. The third-order valence-corrected chi connectivity index (χ3v) is 4.53. The Morgan fingerprint density at radius 2 is 2.10 bits per heavy atom. The van der Waals surface area contributed by atoms with Crippen LogP contribution in [0.15, 0.2) is 59.5 Å². The lowest BCUT2D eigenvalue weighted by molar-refractivity contribution is 0.0920. The van der Waals surface area contributed by atoms with Crippen molar-refractivity contribution in [2.24, 2.45) is 0 Å². The predicted molar refractivity (Wildman–Crippen MR) is 112 cm³/mol. The molecular formula is C23H27N3O3. The second-order valence-electron chi connectivity index (χ2n) is 6.91. The van der Waals surface area contributed by atoms with Crippen molar-refractivity contribution in [1.82, 2.24) is 15.1 Å². The summed E-state index contributed by atoms with van der Waals surface area (Å²) in [5.74, 6) is 1.45. The highest BCUT2D eigenvalue weighted by Gasteiger charge is 2.12. The van der Waals surface area contributed by atoms with Crippen molar-refractivity contribution in [2.45, 2.75) is 39.8 Å². The van der Waals surface area contributed by atoms with Crippen molar-refractivity contribution in [2.75, 3.05) is 6.54 Å². The number of carbonyl (C=O) groups is 1. The number of nitrogens with one attached hydrogen (secondary N) is 1. The Morgan fingerprint density at radius 3 is 2.86 bits per heavy atom. The second-order valence-corrected chi connectivity index (χ2v) is 6.91. The van der Waals surface area contributed by atoms with Gasteiger partial charge in [-0.25, -0.2) is 0 Å². The number of para-hydroxylation sites is 1. The van der Waals surface area contributed by atoms with E-state index in [2.05, 4.69) is 17.0 Å². The molecule has 2 aromatic heterocycles. The molecule has 152 valence electrons. The van der Waals surface area contributed by atoms with Crippen LogP contribution in [0.2, 0.25) is 0 Å². The average Bonchev–Trinajstić information content (AvgIpc) is 3.31. The van der Waals surface area contributed by atoms with E-state index in [1.54, 1.807) is 12.1 Å². The van der Waals surface area contributed by atoms with Gasteiger partial charge in [-0.1, -0.05) is 24.3 Å². The first-order valence-electron chi connectivity index (χ1n) is 9.76. The SMILES string of the molecule is C=CCc1ccccc1OCc1ccc(C(=O)NCCCn2nc(C)cc2C)o1. The Morgan fingerprint density at radius 1 is 1.28 bits per heavy atom. The fourth-order valence-corrected chi connectivity index (χ4v) is 3.11. The van der Waals surface area contributed by atoms with Gasteiger partial charge in [-0.2, -0.15) is 5.10 Å². The first-order chi connectivity index (χ1) is 14.1. The summed E-state index contributed by atoms with van der Waals surface area (Å²) >= 11 is 0. The van der Waals surface area contributed by atoms with Crippen LogP contribution in [-0.4, -0.2) is 22.2 Å². The zero-order chi connectivity index (χ0) is 20.6. The second kappa shape index (κ2) is 9.78. The van der Waals surface area contributed by atoms with Crippen LogP contribution in [-0.2, 0) is 19.6 Å². The van der Waals surface area contributed by atoms with E-state index in [9.17, 15) is 4.79 Å². The molecule has 3 rings (SSSR count). The molecule has 0 saturated carbocycles. The maximum absolute atomic E-state index is 12.3. The molecule has 0 saturated heterocycles. The molecule has 0 radical (unpaired) electrons. The molecular weight excluding hydrogens is 366 g/mol. The largest absolute Gasteiger partial charge is 0.485 e. The molecule has 0 unspecified atom stereocenters. The van der Waals surface area contributed by atoms with Crippen LogP contribution in [0.5, 0.6) is 5.75 Å². The number of rotatable bonds is 10. The molecule has 6 heteroatoms. The molecule has 1 amide bonds. The van der Waals surface area contributed by atoms with Gasteiger partial charge in [0.1, 0.15) is 18.1 Å². The standard InChI is InChI=1S/C23H27N3O3/c1-4-8-19-9-5-6-10-21(19)28-16-20-11-12-22(29-20)23(27)24-13-7-14-26-18(3)15-17(2)25-26/h4-6,9-12,15H,1,7-8,13-14,16H2,2-3H3,(H,24,27). The van der Waals surface area contributed by atoms with Gasteiger partial charge in [0.05, 0.1) is 5.69 Å². The van der Waals surface area contributed by atoms with Gasteiger partial charge >= 0.3 is 0 Å². The topological polar surface area (TPSA) is 69.3 Å². The van der Waals surface area contributed by atoms with E-state index >= 15 is 0 Å². The van der Waals surface area contributed by atoms with E-state index in [1.807, 2.05) is 54.9 Å². The van der Waals surface area contributed by atoms with Crippen molar-refractivity contribution in [3.8, 4) is 5.75 Å². The smallest absolute Gasteiger partial charge is 0.286 e. The maximum Gasteiger partial charge on any atom is 0.286 e. The minimum Gasteiger partial charge on any atom is -0.485 e. The van der Waals surface area contributed by atoms with E-state index < -0.39 is 0 Å². The number of aromatic nitrogens is 2. The summed E-state index contributed by atoms with van der Waals surface area (Å²) in [6.45, 7) is 9.35. The Hall–Kier alpha value is -3.28. The number of furan rings is 1. The monoisotopic (exact) mass is 393 g/mol. The minimum atomic E-state index is -0.225. The average molecular weight is 393 g/mol. The number of nitrogens with zero attached hydrogens (tertiary/aromatic N) is 2. The Kier molecular flexibility index (Phi) is 6.89. The molecule has 0 aliphatic carbocycles. The zero-order valence-corrected chi connectivity index (χ0v) is 17.0. The highest BCUT2D eigenvalue weighted by molar-refractivity contribution is 5.91. The van der Waals surface area contributed by atoms with Gasteiger partial charge in [0.25, 0.3) is 5.91 Å². The fourth-order valence-electron chi connectivity index (χ4n) is 3.11. The van der Waals surface area contributed by atoms with Crippen LogP contribution in [0, 0.1) is 13.8 Å². The number of ether oxygens (including phenoxy) is 1. The molecule has 3 aromatic rings. The highest BCUT2D eigenvalue weighted by Crippen LogP contribution is 2.20. The Labute approximate surface area is 171 Å². The highest BCUT2D eigenvalue weighted by atomic mass is 16.5. The molecule has 2 heterocycles. The van der Waals surface area contributed by atoms with Gasteiger partial charge in [-0.05, 0) is 56.5 Å². The van der Waals surface area contributed by atoms with Crippen molar-refractivity contribution in [3.05, 3.63) is 83.6 Å². The fraction of sp³-hybridized carbons (Fsp3) is 0.304. The number of amides is 1. The van der Waals surface area contributed by atoms with Crippen molar-refractivity contribution < 1.29 is 13.9 Å². The number of hydrogen-bond donors (Lipinski definition) is 1. The van der Waals surface area contributed by atoms with E-state index in [1.165, 1.54) is 0 Å². The molecule has 1 aromatic carbocycles. The van der Waals surface area contributed by atoms with Gasteiger partial charge in [0.2, 0.25) is 0 Å². The zero-order valence-electron chi connectivity index (χ0n) is 17.0. The summed E-state index contributed by atoms with van der Waals surface area (Å²) in [5.41, 5.74) is 3.19. The van der Waals surface area contributed by atoms with E-state index in [-0.39, 0.29) is 18.3 Å². The van der Waals surface area contributed by atoms with Gasteiger partial charge in [-0.15, -0.1) is 6.58 Å². The molecule has 0 fully saturated rings. The number of benzene rings is 1. The summed E-state index contributed by atoms with van der Waals surface area (Å²) in [7, 11) is 0. The van der Waals surface area contributed by atoms with E-state index in [0.717, 1.165) is 42.1 Å². The van der Waals surface area contributed by atoms with Gasteiger partial charge in [0, 0.05) is 18.8 Å². The quantitative estimate of drug-likeness (QED) is 0.414. The molecule has 29 heavy (non-hydrogen) atoms. The first kappa shape index (κ1) is 20.5. The minimum absolute atomic E-state index is 0.225. The summed E-state index contributed by atoms with van der Waals surface area (Å²) in [4.78, 5) is 12.3. The molecule has 0 bridgehead atoms. The predicted octanol–water partition coefficient (Wildman–Crippen LogP) is 4.22. The summed E-state index contributed by atoms with van der Waals surface area (Å²) in [5, 5.41) is 7.30.